The van der Waals surface area contributed by atoms with Crippen LogP contribution in [0.1, 0.15) is 29.5 Å². The molecule has 0 atom stereocenters. The van der Waals surface area contributed by atoms with E-state index in [1.54, 1.807) is 6.07 Å². The van der Waals surface area contributed by atoms with Crippen molar-refractivity contribution in [1.82, 2.24) is 0 Å². The summed E-state index contributed by atoms with van der Waals surface area (Å²) in [5.74, 6) is 0. The van der Waals surface area contributed by atoms with Gasteiger partial charge in [0.05, 0.1) is 5.56 Å². The highest BCUT2D eigenvalue weighted by molar-refractivity contribution is 5.55. The molecule has 0 fully saturated rings. The monoisotopic (exact) mass is 319 g/mol. The first kappa shape index (κ1) is 15.9. The predicted molar refractivity (Wildman–Crippen MR) is 86.7 cm³/mol. The lowest BCUT2D eigenvalue weighted by Crippen LogP contribution is -2.30. The summed E-state index contributed by atoms with van der Waals surface area (Å²) in [7, 11) is 0. The lowest BCUT2D eigenvalue weighted by molar-refractivity contribution is -0.137. The van der Waals surface area contributed by atoms with Gasteiger partial charge in [0, 0.05) is 18.8 Å². The van der Waals surface area contributed by atoms with Gasteiger partial charge in [0.2, 0.25) is 0 Å². The van der Waals surface area contributed by atoms with Crippen LogP contribution >= 0.6 is 0 Å². The van der Waals surface area contributed by atoms with Crippen molar-refractivity contribution in [2.75, 3.05) is 18.0 Å². The highest BCUT2D eigenvalue weighted by Crippen LogP contribution is 2.30. The normalized spacial score (nSPS) is 14.7. The minimum atomic E-state index is -4.26. The van der Waals surface area contributed by atoms with E-state index in [9.17, 15) is 13.2 Å². The third-order valence-electron chi connectivity index (χ3n) is 4.35. The smallest absolute Gasteiger partial charge is 0.371 e. The Bertz CT molecular complexity index is 664. The molecule has 0 saturated heterocycles. The van der Waals surface area contributed by atoms with Gasteiger partial charge in [-0.15, -0.1) is 0 Å². The molecule has 4 heteroatoms. The van der Waals surface area contributed by atoms with Crippen LogP contribution < -0.4 is 4.90 Å². The Hall–Kier alpha value is -1.97. The van der Waals surface area contributed by atoms with Crippen molar-refractivity contribution in [2.24, 2.45) is 0 Å². The van der Waals surface area contributed by atoms with E-state index < -0.39 is 11.7 Å². The standard InChI is InChI=1S/C19H20F3N/c20-19(21,22)17-10-3-6-15(14-17)7-4-12-23-13-5-9-16-8-1-2-11-18(16)23/h1-3,6,8,10-11,14H,4-5,7,9,12-13H2. The van der Waals surface area contributed by atoms with Crippen molar-refractivity contribution >= 4 is 5.69 Å². The molecule has 1 aliphatic heterocycles. The molecule has 1 aliphatic rings. The van der Waals surface area contributed by atoms with E-state index in [2.05, 4.69) is 23.1 Å². The number of halogens is 3. The van der Waals surface area contributed by atoms with E-state index in [0.717, 1.165) is 44.0 Å². The van der Waals surface area contributed by atoms with Crippen LogP contribution in [0.2, 0.25) is 0 Å². The molecule has 0 aromatic heterocycles. The van der Waals surface area contributed by atoms with Crippen molar-refractivity contribution in [3.05, 3.63) is 65.2 Å². The van der Waals surface area contributed by atoms with Crippen LogP contribution in [0.4, 0.5) is 18.9 Å². The fraction of sp³-hybridized carbons (Fsp3) is 0.368. The third-order valence-corrected chi connectivity index (χ3v) is 4.35. The molecule has 2 aromatic rings. The first-order valence-corrected chi connectivity index (χ1v) is 8.03. The molecule has 1 nitrogen and oxygen atoms in total. The van der Waals surface area contributed by atoms with Gasteiger partial charge >= 0.3 is 6.18 Å². The molecule has 0 amide bonds. The summed E-state index contributed by atoms with van der Waals surface area (Å²) in [5.41, 5.74) is 2.85. The van der Waals surface area contributed by atoms with Crippen molar-refractivity contribution < 1.29 is 13.2 Å². The number of fused-ring (bicyclic) bond motifs is 1. The zero-order valence-corrected chi connectivity index (χ0v) is 12.9. The Morgan fingerprint density at radius 1 is 1.00 bits per heavy atom. The average Bonchev–Trinajstić information content (AvgIpc) is 2.55. The predicted octanol–water partition coefficient (Wildman–Crippen LogP) is 5.09. The molecule has 3 rings (SSSR count). The fourth-order valence-electron chi connectivity index (χ4n) is 3.22. The second kappa shape index (κ2) is 6.65. The van der Waals surface area contributed by atoms with Crippen molar-refractivity contribution in [2.45, 2.75) is 31.9 Å². The number of anilines is 1. The van der Waals surface area contributed by atoms with Crippen LogP contribution in [0.3, 0.4) is 0 Å². The zero-order chi connectivity index (χ0) is 16.3. The lowest BCUT2D eigenvalue weighted by atomic mass is 10.0. The van der Waals surface area contributed by atoms with E-state index >= 15 is 0 Å². The molecule has 0 aliphatic carbocycles. The van der Waals surface area contributed by atoms with Gasteiger partial charge in [-0.1, -0.05) is 36.4 Å². The SMILES string of the molecule is FC(F)(F)c1cccc(CCCN2CCCc3ccccc32)c1. The van der Waals surface area contributed by atoms with Crippen LogP contribution in [0.5, 0.6) is 0 Å². The molecule has 0 unspecified atom stereocenters. The van der Waals surface area contributed by atoms with Crippen molar-refractivity contribution in [3.63, 3.8) is 0 Å². The number of benzene rings is 2. The quantitative estimate of drug-likeness (QED) is 0.758. The largest absolute Gasteiger partial charge is 0.416 e. The zero-order valence-electron chi connectivity index (χ0n) is 12.9. The Labute approximate surface area is 134 Å². The molecule has 0 saturated carbocycles. The second-order valence-corrected chi connectivity index (χ2v) is 6.02. The highest BCUT2D eigenvalue weighted by Gasteiger charge is 2.30. The average molecular weight is 319 g/mol. The summed E-state index contributed by atoms with van der Waals surface area (Å²) in [6.07, 6.45) is -0.485. The van der Waals surface area contributed by atoms with Gasteiger partial charge in [-0.2, -0.15) is 13.2 Å². The van der Waals surface area contributed by atoms with E-state index in [4.69, 9.17) is 0 Å². The van der Waals surface area contributed by atoms with E-state index in [0.29, 0.717) is 6.42 Å². The summed E-state index contributed by atoms with van der Waals surface area (Å²) in [4.78, 5) is 2.35. The van der Waals surface area contributed by atoms with Gasteiger partial charge in [-0.25, -0.2) is 0 Å². The van der Waals surface area contributed by atoms with E-state index in [1.807, 2.05) is 6.07 Å². The number of para-hydroxylation sites is 1. The Balaban J connectivity index is 1.61. The van der Waals surface area contributed by atoms with Crippen molar-refractivity contribution in [1.29, 1.82) is 0 Å². The minimum absolute atomic E-state index is 0.557. The molecule has 23 heavy (non-hydrogen) atoms. The maximum atomic E-state index is 12.7. The summed E-state index contributed by atoms with van der Waals surface area (Å²) in [6, 6.07) is 14.1. The maximum absolute atomic E-state index is 12.7. The number of hydrogen-bond donors (Lipinski definition) is 0. The van der Waals surface area contributed by atoms with Gasteiger partial charge < -0.3 is 4.90 Å². The molecule has 122 valence electrons. The van der Waals surface area contributed by atoms with Crippen LogP contribution in [0.15, 0.2) is 48.5 Å². The summed E-state index contributed by atoms with van der Waals surface area (Å²) < 4.78 is 38.2. The number of aryl methyl sites for hydroxylation is 2. The summed E-state index contributed by atoms with van der Waals surface area (Å²) in [5, 5.41) is 0. The Morgan fingerprint density at radius 3 is 2.65 bits per heavy atom. The first-order chi connectivity index (χ1) is 11.0. The maximum Gasteiger partial charge on any atom is 0.416 e. The van der Waals surface area contributed by atoms with Crippen molar-refractivity contribution in [3.8, 4) is 0 Å². The van der Waals surface area contributed by atoms with Gasteiger partial charge in [0.25, 0.3) is 0 Å². The molecular formula is C19H20F3N. The second-order valence-electron chi connectivity index (χ2n) is 6.02. The van der Waals surface area contributed by atoms with E-state index in [-0.39, 0.29) is 0 Å². The molecule has 2 aromatic carbocycles. The number of nitrogens with zero attached hydrogens (tertiary/aromatic N) is 1. The van der Waals surface area contributed by atoms with Gasteiger partial charge in [-0.3, -0.25) is 0 Å². The topological polar surface area (TPSA) is 3.24 Å². The summed E-state index contributed by atoms with van der Waals surface area (Å²) >= 11 is 0. The molecule has 0 bridgehead atoms. The van der Waals surface area contributed by atoms with Gasteiger partial charge in [0.15, 0.2) is 0 Å². The number of hydrogen-bond acceptors (Lipinski definition) is 1. The molecule has 0 N–H and O–H groups in total. The first-order valence-electron chi connectivity index (χ1n) is 8.03. The van der Waals surface area contributed by atoms with Gasteiger partial charge in [0.1, 0.15) is 0 Å². The van der Waals surface area contributed by atoms with Crippen LogP contribution in [0, 0.1) is 0 Å². The molecule has 0 spiro atoms. The van der Waals surface area contributed by atoms with Crippen LogP contribution in [-0.2, 0) is 19.0 Å². The molecule has 0 radical (unpaired) electrons. The molecular weight excluding hydrogens is 299 g/mol. The number of rotatable bonds is 4. The molecule has 1 heterocycles. The Morgan fingerprint density at radius 2 is 1.83 bits per heavy atom. The number of alkyl halides is 3. The fourth-order valence-corrected chi connectivity index (χ4v) is 3.22. The third kappa shape index (κ3) is 3.87. The van der Waals surface area contributed by atoms with Crippen LogP contribution in [0.25, 0.3) is 0 Å². The minimum Gasteiger partial charge on any atom is -0.371 e. The lowest BCUT2D eigenvalue weighted by Gasteiger charge is -2.31. The van der Waals surface area contributed by atoms with Gasteiger partial charge in [-0.05, 0) is 48.9 Å². The van der Waals surface area contributed by atoms with E-state index in [1.165, 1.54) is 23.4 Å². The highest BCUT2D eigenvalue weighted by atomic mass is 19.4. The summed E-state index contributed by atoms with van der Waals surface area (Å²) in [6.45, 7) is 1.91. The Kier molecular flexibility index (Phi) is 4.60. The van der Waals surface area contributed by atoms with Crippen LogP contribution in [-0.4, -0.2) is 13.1 Å².